The van der Waals surface area contributed by atoms with Gasteiger partial charge in [-0.25, -0.2) is 0 Å². The molecule has 0 unspecified atom stereocenters. The van der Waals surface area contributed by atoms with Crippen molar-refractivity contribution in [2.24, 2.45) is 0 Å². The lowest BCUT2D eigenvalue weighted by atomic mass is 9.90. The van der Waals surface area contributed by atoms with E-state index in [-0.39, 0.29) is 10.8 Å². The Morgan fingerprint density at radius 1 is 0.864 bits per heavy atom. The highest BCUT2D eigenvalue weighted by molar-refractivity contribution is 7.12. The van der Waals surface area contributed by atoms with Crippen molar-refractivity contribution in [1.29, 1.82) is 0 Å². The second kappa shape index (κ2) is 6.55. The van der Waals surface area contributed by atoms with E-state index in [4.69, 9.17) is 4.74 Å². The van der Waals surface area contributed by atoms with Crippen LogP contribution in [0, 0.1) is 0 Å². The molecule has 2 aromatic rings. The largest absolute Gasteiger partial charge is 0.372 e. The molecule has 0 bridgehead atoms. The Labute approximate surface area is 139 Å². The minimum Gasteiger partial charge on any atom is -0.372 e. The van der Waals surface area contributed by atoms with E-state index in [1.165, 1.54) is 20.9 Å². The van der Waals surface area contributed by atoms with Crippen LogP contribution in [0.2, 0.25) is 0 Å². The van der Waals surface area contributed by atoms with Crippen LogP contribution in [0.4, 0.5) is 0 Å². The maximum absolute atomic E-state index is 5.97. The smallest absolute Gasteiger partial charge is 0.0732 e. The van der Waals surface area contributed by atoms with Gasteiger partial charge in [-0.15, -0.1) is 11.3 Å². The summed E-state index contributed by atoms with van der Waals surface area (Å²) in [6.07, 6.45) is 0. The molecule has 0 saturated heterocycles. The van der Waals surface area contributed by atoms with Gasteiger partial charge in [0.2, 0.25) is 0 Å². The molecular formula is C20H28OS. The first-order valence-corrected chi connectivity index (χ1v) is 8.75. The maximum Gasteiger partial charge on any atom is 0.0732 e. The molecule has 0 aliphatic heterocycles. The number of ether oxygens (including phenoxy) is 1. The maximum atomic E-state index is 5.97. The standard InChI is InChI=1S/C20H28OS/c1-19(2,3)17-12-16(18(22-17)20(4,5)6)14-21-13-15-10-8-7-9-11-15/h7-12H,13-14H2,1-6H3. The van der Waals surface area contributed by atoms with Crippen LogP contribution in [0.25, 0.3) is 0 Å². The van der Waals surface area contributed by atoms with Crippen LogP contribution >= 0.6 is 11.3 Å². The van der Waals surface area contributed by atoms with Gasteiger partial charge in [-0.3, -0.25) is 0 Å². The van der Waals surface area contributed by atoms with Gasteiger partial charge in [-0.05, 0) is 28.0 Å². The van der Waals surface area contributed by atoms with Crippen LogP contribution in [0.5, 0.6) is 0 Å². The quantitative estimate of drug-likeness (QED) is 0.666. The summed E-state index contributed by atoms with van der Waals surface area (Å²) < 4.78 is 5.97. The third kappa shape index (κ3) is 4.44. The first-order chi connectivity index (χ1) is 10.2. The molecule has 22 heavy (non-hydrogen) atoms. The Balaban J connectivity index is 2.13. The van der Waals surface area contributed by atoms with Gasteiger partial charge < -0.3 is 4.74 Å². The topological polar surface area (TPSA) is 9.23 Å². The van der Waals surface area contributed by atoms with Crippen molar-refractivity contribution in [3.8, 4) is 0 Å². The van der Waals surface area contributed by atoms with Gasteiger partial charge in [-0.2, -0.15) is 0 Å². The van der Waals surface area contributed by atoms with Crippen LogP contribution in [0.3, 0.4) is 0 Å². The van der Waals surface area contributed by atoms with Gasteiger partial charge in [0.05, 0.1) is 13.2 Å². The molecule has 120 valence electrons. The zero-order valence-corrected chi connectivity index (χ0v) is 15.5. The molecule has 1 aromatic heterocycles. The van der Waals surface area contributed by atoms with Gasteiger partial charge in [-0.1, -0.05) is 71.9 Å². The summed E-state index contributed by atoms with van der Waals surface area (Å²) >= 11 is 1.94. The molecule has 0 N–H and O–H groups in total. The van der Waals surface area contributed by atoms with Gasteiger partial charge in [0.25, 0.3) is 0 Å². The van der Waals surface area contributed by atoms with E-state index in [1.54, 1.807) is 0 Å². The molecule has 0 fully saturated rings. The highest BCUT2D eigenvalue weighted by atomic mass is 32.1. The number of rotatable bonds is 4. The first-order valence-electron chi connectivity index (χ1n) is 7.93. The minimum absolute atomic E-state index is 0.166. The molecule has 1 nitrogen and oxygen atoms in total. The summed E-state index contributed by atoms with van der Waals surface area (Å²) in [5.74, 6) is 0. The lowest BCUT2D eigenvalue weighted by Crippen LogP contribution is -2.11. The van der Waals surface area contributed by atoms with Crippen molar-refractivity contribution in [1.82, 2.24) is 0 Å². The van der Waals surface area contributed by atoms with Gasteiger partial charge in [0.15, 0.2) is 0 Å². The number of hydrogen-bond acceptors (Lipinski definition) is 2. The van der Waals surface area contributed by atoms with E-state index in [2.05, 4.69) is 71.9 Å². The van der Waals surface area contributed by atoms with Crippen molar-refractivity contribution < 1.29 is 4.74 Å². The highest BCUT2D eigenvalue weighted by Crippen LogP contribution is 2.39. The molecule has 0 saturated carbocycles. The van der Waals surface area contributed by atoms with Crippen LogP contribution in [0.15, 0.2) is 36.4 Å². The zero-order chi connectivity index (χ0) is 16.4. The summed E-state index contributed by atoms with van der Waals surface area (Å²) in [4.78, 5) is 2.89. The van der Waals surface area contributed by atoms with Crippen LogP contribution in [-0.2, 0) is 28.8 Å². The molecule has 2 heteroatoms. The van der Waals surface area contributed by atoms with Crippen molar-refractivity contribution in [2.75, 3.05) is 0 Å². The van der Waals surface area contributed by atoms with Crippen molar-refractivity contribution in [3.63, 3.8) is 0 Å². The molecular weight excluding hydrogens is 288 g/mol. The number of hydrogen-bond donors (Lipinski definition) is 0. The fourth-order valence-corrected chi connectivity index (χ4v) is 3.68. The summed E-state index contributed by atoms with van der Waals surface area (Å²) in [7, 11) is 0. The van der Waals surface area contributed by atoms with E-state index in [9.17, 15) is 0 Å². The minimum atomic E-state index is 0.166. The summed E-state index contributed by atoms with van der Waals surface area (Å²) in [5, 5.41) is 0. The molecule has 0 aliphatic rings. The summed E-state index contributed by atoms with van der Waals surface area (Å²) in [5.41, 5.74) is 2.94. The molecule has 1 aromatic carbocycles. The van der Waals surface area contributed by atoms with E-state index >= 15 is 0 Å². The second-order valence-corrected chi connectivity index (χ2v) is 9.00. The van der Waals surface area contributed by atoms with Gasteiger partial charge >= 0.3 is 0 Å². The Kier molecular flexibility index (Phi) is 5.14. The summed E-state index contributed by atoms with van der Waals surface area (Å²) in [6.45, 7) is 15.0. The van der Waals surface area contributed by atoms with E-state index in [0.29, 0.717) is 13.2 Å². The average Bonchev–Trinajstić information content (AvgIpc) is 2.84. The van der Waals surface area contributed by atoms with Gasteiger partial charge in [0, 0.05) is 9.75 Å². The van der Waals surface area contributed by atoms with Gasteiger partial charge in [0.1, 0.15) is 0 Å². The number of thiophene rings is 1. The van der Waals surface area contributed by atoms with Crippen molar-refractivity contribution in [3.05, 3.63) is 57.3 Å². The average molecular weight is 317 g/mol. The monoisotopic (exact) mass is 316 g/mol. The number of benzene rings is 1. The molecule has 2 rings (SSSR count). The van der Waals surface area contributed by atoms with Crippen molar-refractivity contribution in [2.45, 2.75) is 65.6 Å². The van der Waals surface area contributed by atoms with E-state index < -0.39 is 0 Å². The predicted molar refractivity (Wildman–Crippen MR) is 96.7 cm³/mol. The molecule has 0 amide bonds. The Morgan fingerprint density at radius 2 is 1.50 bits per heavy atom. The molecule has 0 aliphatic carbocycles. The van der Waals surface area contributed by atoms with E-state index in [1.807, 2.05) is 17.4 Å². The van der Waals surface area contributed by atoms with Crippen molar-refractivity contribution >= 4 is 11.3 Å². The van der Waals surface area contributed by atoms with Crippen LogP contribution < -0.4 is 0 Å². The second-order valence-electron chi connectivity index (χ2n) is 7.94. The third-order valence-electron chi connectivity index (χ3n) is 3.60. The van der Waals surface area contributed by atoms with Crippen LogP contribution in [-0.4, -0.2) is 0 Å². The molecule has 0 radical (unpaired) electrons. The van der Waals surface area contributed by atoms with E-state index in [0.717, 1.165) is 0 Å². The Hall–Kier alpha value is -1.12. The fraction of sp³-hybridized carbons (Fsp3) is 0.500. The summed E-state index contributed by atoms with van der Waals surface area (Å²) in [6, 6.07) is 12.7. The lowest BCUT2D eigenvalue weighted by molar-refractivity contribution is 0.106. The third-order valence-corrected chi connectivity index (χ3v) is 5.63. The highest BCUT2D eigenvalue weighted by Gasteiger charge is 2.25. The molecule has 1 heterocycles. The Morgan fingerprint density at radius 3 is 2.05 bits per heavy atom. The lowest BCUT2D eigenvalue weighted by Gasteiger charge is -2.19. The fourth-order valence-electron chi connectivity index (χ4n) is 2.39. The zero-order valence-electron chi connectivity index (χ0n) is 14.7. The first kappa shape index (κ1) is 17.2. The normalized spacial score (nSPS) is 12.6. The SMILES string of the molecule is CC(C)(C)c1cc(COCc2ccccc2)c(C(C)(C)C)s1. The van der Waals surface area contributed by atoms with Crippen LogP contribution in [0.1, 0.15) is 62.4 Å². The molecule has 0 spiro atoms. The molecule has 0 atom stereocenters. The Bertz CT molecular complexity index is 597. The predicted octanol–water partition coefficient (Wildman–Crippen LogP) is 6.06.